The predicted octanol–water partition coefficient (Wildman–Crippen LogP) is 3.91. The SMILES string of the molecule is Brc1ccc(C2CC(NC3CCN4CCCCC34)C2)cc1. The highest BCUT2D eigenvalue weighted by molar-refractivity contribution is 9.10. The zero-order chi connectivity index (χ0) is 14.2. The minimum absolute atomic E-state index is 0.755. The molecule has 3 fully saturated rings. The summed E-state index contributed by atoms with van der Waals surface area (Å²) in [6.07, 6.45) is 8.28. The monoisotopic (exact) mass is 348 g/mol. The van der Waals surface area contributed by atoms with E-state index in [1.165, 1.54) is 61.7 Å². The molecular formula is C18H25BrN2. The van der Waals surface area contributed by atoms with Crippen molar-refractivity contribution in [3.05, 3.63) is 34.3 Å². The van der Waals surface area contributed by atoms with E-state index in [1.807, 2.05) is 0 Å². The van der Waals surface area contributed by atoms with E-state index in [4.69, 9.17) is 0 Å². The molecule has 3 heteroatoms. The van der Waals surface area contributed by atoms with Gasteiger partial charge in [0.05, 0.1) is 0 Å². The first-order valence-corrected chi connectivity index (χ1v) is 9.34. The summed E-state index contributed by atoms with van der Waals surface area (Å²) in [6.45, 7) is 2.67. The van der Waals surface area contributed by atoms with E-state index in [2.05, 4.69) is 50.4 Å². The van der Waals surface area contributed by atoms with Crippen molar-refractivity contribution in [2.45, 2.75) is 62.6 Å². The molecule has 2 nitrogen and oxygen atoms in total. The summed E-state index contributed by atoms with van der Waals surface area (Å²) < 4.78 is 1.18. The number of halogens is 1. The average Bonchev–Trinajstić information content (AvgIpc) is 2.87. The highest BCUT2D eigenvalue weighted by Gasteiger charge is 2.39. The quantitative estimate of drug-likeness (QED) is 0.890. The maximum Gasteiger partial charge on any atom is 0.0249 e. The van der Waals surface area contributed by atoms with Crippen LogP contribution in [0.3, 0.4) is 0 Å². The van der Waals surface area contributed by atoms with Crippen LogP contribution in [-0.2, 0) is 0 Å². The molecule has 2 saturated heterocycles. The average molecular weight is 349 g/mol. The molecule has 1 N–H and O–H groups in total. The summed E-state index contributed by atoms with van der Waals surface area (Å²) in [4.78, 5) is 2.73. The number of hydrogen-bond acceptors (Lipinski definition) is 2. The second-order valence-electron chi connectivity index (χ2n) is 7.08. The Balaban J connectivity index is 1.29. The zero-order valence-electron chi connectivity index (χ0n) is 12.6. The Morgan fingerprint density at radius 1 is 1.00 bits per heavy atom. The van der Waals surface area contributed by atoms with Crippen LogP contribution in [-0.4, -0.2) is 36.1 Å². The first kappa shape index (κ1) is 14.2. The van der Waals surface area contributed by atoms with Crippen LogP contribution in [0.2, 0.25) is 0 Å². The molecule has 1 aromatic rings. The van der Waals surface area contributed by atoms with Gasteiger partial charge in [-0.3, -0.25) is 4.90 Å². The topological polar surface area (TPSA) is 15.3 Å². The van der Waals surface area contributed by atoms with Gasteiger partial charge in [-0.25, -0.2) is 0 Å². The molecular weight excluding hydrogens is 324 g/mol. The van der Waals surface area contributed by atoms with Gasteiger partial charge < -0.3 is 5.32 Å². The number of nitrogens with zero attached hydrogens (tertiary/aromatic N) is 1. The van der Waals surface area contributed by atoms with Crippen molar-refractivity contribution in [1.82, 2.24) is 10.2 Å². The predicted molar refractivity (Wildman–Crippen MR) is 90.7 cm³/mol. The fraction of sp³-hybridized carbons (Fsp3) is 0.667. The highest BCUT2D eigenvalue weighted by atomic mass is 79.9. The Morgan fingerprint density at radius 3 is 2.62 bits per heavy atom. The van der Waals surface area contributed by atoms with Crippen molar-refractivity contribution in [1.29, 1.82) is 0 Å². The Kier molecular flexibility index (Phi) is 4.08. The number of rotatable bonds is 3. The van der Waals surface area contributed by atoms with Gasteiger partial charge in [-0.15, -0.1) is 0 Å². The normalized spacial score (nSPS) is 36.2. The fourth-order valence-electron chi connectivity index (χ4n) is 4.51. The molecule has 2 aliphatic heterocycles. The Hall–Kier alpha value is -0.380. The largest absolute Gasteiger partial charge is 0.310 e. The van der Waals surface area contributed by atoms with Gasteiger partial charge in [0.15, 0.2) is 0 Å². The van der Waals surface area contributed by atoms with Gasteiger partial charge in [0.25, 0.3) is 0 Å². The molecule has 1 saturated carbocycles. The summed E-state index contributed by atoms with van der Waals surface area (Å²) in [5.41, 5.74) is 1.52. The fourth-order valence-corrected chi connectivity index (χ4v) is 4.77. The van der Waals surface area contributed by atoms with E-state index in [-0.39, 0.29) is 0 Å². The van der Waals surface area contributed by atoms with E-state index in [0.717, 1.165) is 24.0 Å². The first-order chi connectivity index (χ1) is 10.3. The second-order valence-corrected chi connectivity index (χ2v) is 7.99. The maximum absolute atomic E-state index is 3.97. The van der Waals surface area contributed by atoms with Gasteiger partial charge in [0.2, 0.25) is 0 Å². The molecule has 1 aromatic carbocycles. The van der Waals surface area contributed by atoms with E-state index in [0.29, 0.717) is 0 Å². The van der Waals surface area contributed by atoms with Crippen molar-refractivity contribution in [2.75, 3.05) is 13.1 Å². The molecule has 0 bridgehead atoms. The lowest BCUT2D eigenvalue weighted by Crippen LogP contribution is -2.51. The van der Waals surface area contributed by atoms with Crippen LogP contribution in [0.15, 0.2) is 28.7 Å². The molecule has 0 aromatic heterocycles. The van der Waals surface area contributed by atoms with Crippen molar-refractivity contribution in [3.63, 3.8) is 0 Å². The lowest BCUT2D eigenvalue weighted by atomic mass is 9.75. The third-order valence-electron chi connectivity index (χ3n) is 5.79. The molecule has 2 heterocycles. The van der Waals surface area contributed by atoms with Crippen LogP contribution < -0.4 is 5.32 Å². The van der Waals surface area contributed by atoms with Crippen molar-refractivity contribution in [2.24, 2.45) is 0 Å². The Morgan fingerprint density at radius 2 is 1.81 bits per heavy atom. The summed E-state index contributed by atoms with van der Waals surface area (Å²) >= 11 is 3.52. The van der Waals surface area contributed by atoms with E-state index < -0.39 is 0 Å². The van der Waals surface area contributed by atoms with Crippen molar-refractivity contribution >= 4 is 15.9 Å². The Bertz CT molecular complexity index is 480. The van der Waals surface area contributed by atoms with Gasteiger partial charge >= 0.3 is 0 Å². The van der Waals surface area contributed by atoms with Gasteiger partial charge in [-0.1, -0.05) is 34.5 Å². The lowest BCUT2D eigenvalue weighted by molar-refractivity contribution is 0.164. The molecule has 0 amide bonds. The molecule has 0 spiro atoms. The molecule has 2 atom stereocenters. The smallest absolute Gasteiger partial charge is 0.0249 e. The van der Waals surface area contributed by atoms with Crippen LogP contribution in [0.1, 0.15) is 50.0 Å². The summed E-state index contributed by atoms with van der Waals surface area (Å²) in [5.74, 6) is 0.777. The lowest BCUT2D eigenvalue weighted by Gasteiger charge is -2.40. The summed E-state index contributed by atoms with van der Waals surface area (Å²) in [6, 6.07) is 11.3. The summed E-state index contributed by atoms with van der Waals surface area (Å²) in [7, 11) is 0. The van der Waals surface area contributed by atoms with Gasteiger partial charge in [0, 0.05) is 29.1 Å². The molecule has 0 radical (unpaired) electrons. The number of hydrogen-bond donors (Lipinski definition) is 1. The number of piperidine rings is 1. The molecule has 1 aliphatic carbocycles. The van der Waals surface area contributed by atoms with Crippen LogP contribution in [0, 0.1) is 0 Å². The second kappa shape index (κ2) is 6.02. The van der Waals surface area contributed by atoms with Gasteiger partial charge in [0.1, 0.15) is 0 Å². The van der Waals surface area contributed by atoms with Crippen LogP contribution >= 0.6 is 15.9 Å². The third-order valence-corrected chi connectivity index (χ3v) is 6.31. The van der Waals surface area contributed by atoms with Crippen molar-refractivity contribution in [3.8, 4) is 0 Å². The maximum atomic E-state index is 3.97. The highest BCUT2D eigenvalue weighted by Crippen LogP contribution is 2.38. The minimum atomic E-state index is 0.755. The van der Waals surface area contributed by atoms with Crippen molar-refractivity contribution < 1.29 is 0 Å². The standard InChI is InChI=1S/C18H25BrN2/c19-15-6-4-13(5-7-15)14-11-16(12-14)20-17-8-10-21-9-2-1-3-18(17)21/h4-7,14,16-18,20H,1-3,8-12H2. The number of fused-ring (bicyclic) bond motifs is 1. The molecule has 114 valence electrons. The molecule has 3 aliphatic rings. The van der Waals surface area contributed by atoms with Crippen LogP contribution in [0.25, 0.3) is 0 Å². The first-order valence-electron chi connectivity index (χ1n) is 8.55. The molecule has 4 rings (SSSR count). The minimum Gasteiger partial charge on any atom is -0.310 e. The van der Waals surface area contributed by atoms with Gasteiger partial charge in [-0.05, 0) is 62.3 Å². The Labute approximate surface area is 136 Å². The van der Waals surface area contributed by atoms with Crippen LogP contribution in [0.4, 0.5) is 0 Å². The third kappa shape index (κ3) is 2.93. The van der Waals surface area contributed by atoms with E-state index in [1.54, 1.807) is 0 Å². The zero-order valence-corrected chi connectivity index (χ0v) is 14.2. The van der Waals surface area contributed by atoms with Crippen LogP contribution in [0.5, 0.6) is 0 Å². The number of benzene rings is 1. The molecule has 2 unspecified atom stereocenters. The number of nitrogens with one attached hydrogen (secondary N) is 1. The van der Waals surface area contributed by atoms with E-state index >= 15 is 0 Å². The van der Waals surface area contributed by atoms with E-state index in [9.17, 15) is 0 Å². The molecule has 21 heavy (non-hydrogen) atoms. The van der Waals surface area contributed by atoms with Gasteiger partial charge in [-0.2, -0.15) is 0 Å². The summed E-state index contributed by atoms with van der Waals surface area (Å²) in [5, 5.41) is 3.97.